The van der Waals surface area contributed by atoms with Gasteiger partial charge in [0.15, 0.2) is 0 Å². The van der Waals surface area contributed by atoms with Crippen LogP contribution in [-0.4, -0.2) is 34.5 Å². The molecule has 1 fully saturated rings. The van der Waals surface area contributed by atoms with Crippen molar-refractivity contribution in [1.82, 2.24) is 21.1 Å². The first kappa shape index (κ1) is 12.4. The molecule has 0 radical (unpaired) electrons. The number of carbonyl (C=O) groups is 1. The molecule has 0 aromatic carbocycles. The third-order valence-electron chi connectivity index (χ3n) is 2.16. The van der Waals surface area contributed by atoms with Gasteiger partial charge in [-0.3, -0.25) is 0 Å². The number of aliphatic carboxylic acids is 1. The summed E-state index contributed by atoms with van der Waals surface area (Å²) in [5.41, 5.74) is 6.16. The van der Waals surface area contributed by atoms with Gasteiger partial charge in [-0.15, -0.1) is 0 Å². The predicted octanol–water partition coefficient (Wildman–Crippen LogP) is -1.19. The van der Waals surface area contributed by atoms with Crippen molar-refractivity contribution >= 4 is 5.97 Å². The molecule has 6 heteroatoms. The second-order valence-electron chi connectivity index (χ2n) is 4.26. The Morgan fingerprint density at radius 2 is 1.60 bits per heavy atom. The fraction of sp³-hybridized carbons (Fsp3) is 0.889. The minimum absolute atomic E-state index is 0.0492. The highest BCUT2D eigenvalue weighted by molar-refractivity contribution is 5.64. The normalized spacial score (nSPS) is 20.7. The molecule has 0 aromatic heterocycles. The monoisotopic (exact) mass is 215 g/mol. The Kier molecular flexibility index (Phi) is 4.04. The van der Waals surface area contributed by atoms with E-state index in [2.05, 4.69) is 10.9 Å². The Morgan fingerprint density at radius 1 is 1.20 bits per heavy atom. The number of carbonyl (C=O) groups excluding carboxylic acids is 1. The van der Waals surface area contributed by atoms with Gasteiger partial charge >= 0.3 is 0 Å². The summed E-state index contributed by atoms with van der Waals surface area (Å²) in [6.07, 6.45) is -0.341. The maximum absolute atomic E-state index is 10.5. The van der Waals surface area contributed by atoms with Crippen molar-refractivity contribution in [1.29, 1.82) is 0 Å². The number of hydrogen-bond donors (Lipinski definition) is 2. The van der Waals surface area contributed by atoms with Crippen molar-refractivity contribution < 1.29 is 9.90 Å². The van der Waals surface area contributed by atoms with E-state index in [1.165, 1.54) is 0 Å². The number of nitrogens with zero attached hydrogens (tertiary/aromatic N) is 2. The third kappa shape index (κ3) is 3.13. The van der Waals surface area contributed by atoms with Gasteiger partial charge in [0.05, 0.1) is 6.17 Å². The number of carboxylic acid groups (broad SMARTS) is 1. The summed E-state index contributed by atoms with van der Waals surface area (Å²) in [4.78, 5) is 10.5. The summed E-state index contributed by atoms with van der Waals surface area (Å²) in [6.45, 7) is 8.13. The highest BCUT2D eigenvalue weighted by Crippen LogP contribution is 2.11. The summed E-state index contributed by atoms with van der Waals surface area (Å²) >= 11 is 0. The lowest BCUT2D eigenvalue weighted by atomic mass is 10.3. The topological polar surface area (TPSA) is 70.7 Å². The van der Waals surface area contributed by atoms with Crippen LogP contribution in [0, 0.1) is 0 Å². The minimum Gasteiger partial charge on any atom is -0.550 e. The van der Waals surface area contributed by atoms with Crippen LogP contribution in [0.2, 0.25) is 0 Å². The quantitative estimate of drug-likeness (QED) is 0.614. The molecule has 1 heterocycles. The molecule has 0 aliphatic carbocycles. The number of nitrogens with one attached hydrogen (secondary N) is 2. The van der Waals surface area contributed by atoms with Crippen LogP contribution < -0.4 is 16.0 Å². The zero-order valence-corrected chi connectivity index (χ0v) is 9.65. The van der Waals surface area contributed by atoms with E-state index in [0.29, 0.717) is 0 Å². The standard InChI is InChI=1S/C9H20N4O2/c1-6(2)12-10-8(5-9(14)15)11-13(12)7(3)4/h6-8,10-11H,5H2,1-4H3,(H,14,15)/p-1. The summed E-state index contributed by atoms with van der Waals surface area (Å²) in [6, 6.07) is 0.512. The van der Waals surface area contributed by atoms with Crippen LogP contribution in [0.4, 0.5) is 0 Å². The molecule has 15 heavy (non-hydrogen) atoms. The van der Waals surface area contributed by atoms with Gasteiger partial charge in [0.1, 0.15) is 0 Å². The molecule has 6 nitrogen and oxygen atoms in total. The molecule has 0 saturated carbocycles. The van der Waals surface area contributed by atoms with Gasteiger partial charge in [-0.2, -0.15) is 10.2 Å². The summed E-state index contributed by atoms with van der Waals surface area (Å²) in [5, 5.41) is 14.3. The zero-order chi connectivity index (χ0) is 11.6. The Hall–Kier alpha value is -0.690. The second-order valence-corrected chi connectivity index (χ2v) is 4.26. The van der Waals surface area contributed by atoms with E-state index < -0.39 is 5.97 Å². The van der Waals surface area contributed by atoms with Gasteiger partial charge in [-0.05, 0) is 27.7 Å². The molecule has 0 unspecified atom stereocenters. The van der Waals surface area contributed by atoms with Gasteiger partial charge in [-0.25, -0.2) is 10.9 Å². The van der Waals surface area contributed by atoms with Crippen LogP contribution in [0.15, 0.2) is 0 Å². The van der Waals surface area contributed by atoms with Crippen molar-refractivity contribution in [3.8, 4) is 0 Å². The molecule has 0 bridgehead atoms. The molecule has 1 aliphatic rings. The van der Waals surface area contributed by atoms with E-state index in [-0.39, 0.29) is 24.7 Å². The van der Waals surface area contributed by atoms with Crippen molar-refractivity contribution in [2.45, 2.75) is 52.4 Å². The van der Waals surface area contributed by atoms with Gasteiger partial charge in [0.25, 0.3) is 0 Å². The number of carboxylic acids is 1. The Balaban J connectivity index is 2.61. The maximum Gasteiger partial charge on any atom is 0.0916 e. The lowest BCUT2D eigenvalue weighted by molar-refractivity contribution is -0.306. The first-order chi connectivity index (χ1) is 6.91. The Labute approximate surface area is 90.1 Å². The molecule has 2 N–H and O–H groups in total. The minimum atomic E-state index is -1.06. The van der Waals surface area contributed by atoms with Crippen LogP contribution in [0.1, 0.15) is 34.1 Å². The van der Waals surface area contributed by atoms with Crippen LogP contribution in [-0.2, 0) is 4.79 Å². The van der Waals surface area contributed by atoms with Crippen LogP contribution in [0.25, 0.3) is 0 Å². The summed E-state index contributed by atoms with van der Waals surface area (Å²) in [5.74, 6) is -1.06. The van der Waals surface area contributed by atoms with E-state index in [1.807, 2.05) is 37.9 Å². The van der Waals surface area contributed by atoms with Crippen molar-refractivity contribution in [2.75, 3.05) is 0 Å². The smallest absolute Gasteiger partial charge is 0.0916 e. The van der Waals surface area contributed by atoms with E-state index in [0.717, 1.165) is 0 Å². The van der Waals surface area contributed by atoms with E-state index >= 15 is 0 Å². The van der Waals surface area contributed by atoms with Crippen molar-refractivity contribution in [2.24, 2.45) is 0 Å². The number of hydrogen-bond acceptors (Lipinski definition) is 6. The fourth-order valence-corrected chi connectivity index (χ4v) is 1.53. The molecule has 1 saturated heterocycles. The maximum atomic E-state index is 10.5. The number of hydrazine groups is 3. The first-order valence-corrected chi connectivity index (χ1v) is 5.22. The lowest BCUT2D eigenvalue weighted by Gasteiger charge is -2.32. The lowest BCUT2D eigenvalue weighted by Crippen LogP contribution is -2.51. The third-order valence-corrected chi connectivity index (χ3v) is 2.16. The predicted molar refractivity (Wildman–Crippen MR) is 53.6 cm³/mol. The molecule has 1 aliphatic heterocycles. The molecule has 0 atom stereocenters. The highest BCUT2D eigenvalue weighted by Gasteiger charge is 2.32. The molecule has 0 spiro atoms. The molecular weight excluding hydrogens is 196 g/mol. The molecule has 1 rings (SSSR count). The van der Waals surface area contributed by atoms with Crippen LogP contribution in [0.3, 0.4) is 0 Å². The fourth-order valence-electron chi connectivity index (χ4n) is 1.53. The average Bonchev–Trinajstić information content (AvgIpc) is 2.46. The van der Waals surface area contributed by atoms with Gasteiger partial charge < -0.3 is 9.90 Å². The van der Waals surface area contributed by atoms with Crippen LogP contribution >= 0.6 is 0 Å². The highest BCUT2D eigenvalue weighted by atomic mass is 16.4. The molecule has 0 amide bonds. The zero-order valence-electron chi connectivity index (χ0n) is 9.65. The van der Waals surface area contributed by atoms with Gasteiger partial charge in [0, 0.05) is 24.5 Å². The van der Waals surface area contributed by atoms with Crippen LogP contribution in [0.5, 0.6) is 0 Å². The van der Waals surface area contributed by atoms with Crippen molar-refractivity contribution in [3.05, 3.63) is 0 Å². The SMILES string of the molecule is CC(C)N1NC(CC(=O)[O-])NN1C(C)C. The Morgan fingerprint density at radius 3 is 1.87 bits per heavy atom. The Bertz CT molecular complexity index is 216. The second kappa shape index (κ2) is 4.89. The molecular formula is C9H19N4O2-. The van der Waals surface area contributed by atoms with Gasteiger partial charge in [0.2, 0.25) is 0 Å². The van der Waals surface area contributed by atoms with Gasteiger partial charge in [-0.1, -0.05) is 0 Å². The summed E-state index contributed by atoms with van der Waals surface area (Å²) in [7, 11) is 0. The summed E-state index contributed by atoms with van der Waals surface area (Å²) < 4.78 is 0. The largest absolute Gasteiger partial charge is 0.550 e. The van der Waals surface area contributed by atoms with E-state index in [9.17, 15) is 9.90 Å². The molecule has 88 valence electrons. The van der Waals surface area contributed by atoms with Crippen molar-refractivity contribution in [3.63, 3.8) is 0 Å². The number of rotatable bonds is 4. The average molecular weight is 215 g/mol. The molecule has 0 aromatic rings. The van der Waals surface area contributed by atoms with E-state index in [1.54, 1.807) is 0 Å². The first-order valence-electron chi connectivity index (χ1n) is 5.22. The van der Waals surface area contributed by atoms with E-state index in [4.69, 9.17) is 0 Å².